The number of ketones is 1. The third-order valence-corrected chi connectivity index (χ3v) is 9.78. The summed E-state index contributed by atoms with van der Waals surface area (Å²) >= 11 is 0. The number of nitriles is 1. The van der Waals surface area contributed by atoms with Gasteiger partial charge in [-0.25, -0.2) is 4.68 Å². The summed E-state index contributed by atoms with van der Waals surface area (Å²) in [6, 6.07) is 32.8. The molecule has 1 amide bonds. The number of hydrogen-bond acceptors (Lipinski definition) is 7. The average Bonchev–Trinajstić information content (AvgIpc) is 3.87. The standard InChI is InChI=1S/C37H27N7O4/c1-42-22-36(21-38,34(45)27-19-39-30-15-9-8-14-26(27)30)33(37(42)29-18-25(44(47)48)16-17-31(29)40-35(37)46)28-20-43(24-12-6-3-7-13-24)41-32(28)23-10-4-2-5-11-23/h2-20,33,39H,22H2,1H3,(H,40,46)/t33-,36+,37+/m1/s1. The number of nitro groups is 1. The summed E-state index contributed by atoms with van der Waals surface area (Å²) in [5.41, 5.74) is 0.439. The largest absolute Gasteiger partial charge is 0.360 e. The maximum atomic E-state index is 15.1. The van der Waals surface area contributed by atoms with Gasteiger partial charge >= 0.3 is 0 Å². The average molecular weight is 634 g/mol. The third kappa shape index (κ3) is 3.93. The van der Waals surface area contributed by atoms with Crippen molar-refractivity contribution in [3.63, 3.8) is 0 Å². The van der Waals surface area contributed by atoms with Gasteiger partial charge in [0.25, 0.3) is 5.69 Å². The first-order valence-electron chi connectivity index (χ1n) is 15.3. The zero-order valence-electron chi connectivity index (χ0n) is 25.6. The molecule has 4 aromatic carbocycles. The van der Waals surface area contributed by atoms with Gasteiger partial charge in [0.15, 0.2) is 5.78 Å². The number of fused-ring (bicyclic) bond motifs is 3. The summed E-state index contributed by atoms with van der Waals surface area (Å²) in [7, 11) is 1.69. The Kier molecular flexibility index (Phi) is 6.41. The SMILES string of the molecule is CN1C[C@](C#N)(C(=O)c2c[nH]c3ccccc23)[C@@H](c2cn(-c3ccccc3)nc2-c2ccccc2)[C@@]12C(=O)Nc1ccc([N+](=O)[O-])cc12. The van der Waals surface area contributed by atoms with Crippen molar-refractivity contribution in [1.29, 1.82) is 5.26 Å². The molecule has 6 aromatic rings. The minimum absolute atomic E-state index is 0.132. The van der Waals surface area contributed by atoms with Crippen molar-refractivity contribution in [1.82, 2.24) is 19.7 Å². The summed E-state index contributed by atoms with van der Waals surface area (Å²) in [6.07, 6.45) is 3.38. The maximum Gasteiger partial charge on any atom is 0.269 e. The van der Waals surface area contributed by atoms with E-state index in [1.807, 2.05) is 84.9 Å². The lowest BCUT2D eigenvalue weighted by Crippen LogP contribution is -2.49. The van der Waals surface area contributed by atoms with Crippen LogP contribution in [0.3, 0.4) is 0 Å². The third-order valence-electron chi connectivity index (χ3n) is 9.78. The fourth-order valence-electron chi connectivity index (χ4n) is 7.72. The first kappa shape index (κ1) is 29.1. The topological polar surface area (TPSA) is 150 Å². The summed E-state index contributed by atoms with van der Waals surface area (Å²) in [5.74, 6) is -2.10. The summed E-state index contributed by atoms with van der Waals surface area (Å²) in [5, 5.41) is 32.0. The van der Waals surface area contributed by atoms with Crippen LogP contribution in [0.15, 0.2) is 116 Å². The van der Waals surface area contributed by atoms with Crippen LogP contribution in [0.1, 0.15) is 27.4 Å². The van der Waals surface area contributed by atoms with Gasteiger partial charge in [-0.15, -0.1) is 0 Å². The van der Waals surface area contributed by atoms with Crippen LogP contribution >= 0.6 is 0 Å². The monoisotopic (exact) mass is 633 g/mol. The Labute approximate surface area is 274 Å². The van der Waals surface area contributed by atoms with Crippen LogP contribution < -0.4 is 5.32 Å². The molecule has 0 bridgehead atoms. The highest BCUT2D eigenvalue weighted by atomic mass is 16.6. The van der Waals surface area contributed by atoms with Crippen molar-refractivity contribution in [2.75, 3.05) is 18.9 Å². The Morgan fingerprint density at radius 3 is 2.46 bits per heavy atom. The van der Waals surface area contributed by atoms with Crippen LogP contribution in [-0.4, -0.2) is 49.9 Å². The highest BCUT2D eigenvalue weighted by molar-refractivity contribution is 6.15. The molecular formula is C37H27N7O4. The highest BCUT2D eigenvalue weighted by Crippen LogP contribution is 2.63. The van der Waals surface area contributed by atoms with E-state index in [1.54, 1.807) is 29.0 Å². The van der Waals surface area contributed by atoms with E-state index in [0.717, 1.165) is 16.8 Å². The smallest absolute Gasteiger partial charge is 0.269 e. The van der Waals surface area contributed by atoms with Gasteiger partial charge < -0.3 is 10.3 Å². The Morgan fingerprint density at radius 1 is 1.02 bits per heavy atom. The quantitative estimate of drug-likeness (QED) is 0.126. The molecule has 234 valence electrons. The van der Waals surface area contributed by atoms with Crippen molar-refractivity contribution in [2.24, 2.45) is 5.41 Å². The number of anilines is 1. The number of amides is 1. The van der Waals surface area contributed by atoms with E-state index < -0.39 is 33.5 Å². The molecule has 3 atom stereocenters. The zero-order valence-corrected chi connectivity index (χ0v) is 25.6. The number of Topliss-reactive ketones (excluding diaryl/α,β-unsaturated/α-hetero) is 1. The number of likely N-dealkylation sites (N-methyl/N-ethyl adjacent to an activating group) is 1. The van der Waals surface area contributed by atoms with Gasteiger partial charge in [0, 0.05) is 75.8 Å². The number of carbonyl (C=O) groups excluding carboxylic acids is 2. The second-order valence-corrected chi connectivity index (χ2v) is 12.2. The molecule has 48 heavy (non-hydrogen) atoms. The maximum absolute atomic E-state index is 15.1. The number of nitrogens with zero attached hydrogens (tertiary/aromatic N) is 5. The zero-order chi connectivity index (χ0) is 33.2. The lowest BCUT2D eigenvalue weighted by atomic mass is 9.62. The molecule has 0 saturated carbocycles. The molecule has 1 fully saturated rings. The lowest BCUT2D eigenvalue weighted by Gasteiger charge is -2.37. The van der Waals surface area contributed by atoms with E-state index in [1.165, 1.54) is 18.2 Å². The summed E-state index contributed by atoms with van der Waals surface area (Å²) < 4.78 is 1.68. The van der Waals surface area contributed by atoms with E-state index in [4.69, 9.17) is 5.10 Å². The van der Waals surface area contributed by atoms with Gasteiger partial charge in [-0.05, 0) is 31.3 Å². The van der Waals surface area contributed by atoms with Crippen LogP contribution in [0, 0.1) is 26.9 Å². The van der Waals surface area contributed by atoms with Crippen molar-refractivity contribution in [3.05, 3.63) is 142 Å². The van der Waals surface area contributed by atoms with Crippen molar-refractivity contribution >= 4 is 34.0 Å². The molecule has 4 heterocycles. The number of H-pyrrole nitrogens is 1. The predicted octanol–water partition coefficient (Wildman–Crippen LogP) is 6.20. The molecule has 11 nitrogen and oxygen atoms in total. The first-order valence-corrected chi connectivity index (χ1v) is 15.3. The Morgan fingerprint density at radius 2 is 1.73 bits per heavy atom. The van der Waals surface area contributed by atoms with Gasteiger partial charge in [0.05, 0.1) is 22.4 Å². The van der Waals surface area contributed by atoms with Crippen LogP contribution in [0.2, 0.25) is 0 Å². The van der Waals surface area contributed by atoms with Gasteiger partial charge in [0.1, 0.15) is 11.0 Å². The lowest BCUT2D eigenvalue weighted by molar-refractivity contribution is -0.384. The number of carbonyl (C=O) groups is 2. The van der Waals surface area contributed by atoms with Gasteiger partial charge in [0.2, 0.25) is 5.91 Å². The van der Waals surface area contributed by atoms with E-state index in [2.05, 4.69) is 16.4 Å². The first-order chi connectivity index (χ1) is 23.3. The fraction of sp³-hybridized carbons (Fsp3) is 0.135. The fourth-order valence-corrected chi connectivity index (χ4v) is 7.72. The van der Waals surface area contributed by atoms with E-state index >= 15 is 4.79 Å². The second kappa shape index (κ2) is 10.6. The predicted molar refractivity (Wildman–Crippen MR) is 178 cm³/mol. The molecule has 0 unspecified atom stereocenters. The molecular weight excluding hydrogens is 606 g/mol. The number of aromatic nitrogens is 3. The number of rotatable bonds is 6. The Balaban J connectivity index is 1.47. The number of nitrogens with one attached hydrogen (secondary N) is 2. The molecule has 8 rings (SSSR count). The number of aromatic amines is 1. The molecule has 1 spiro atoms. The number of hydrogen-bond donors (Lipinski definition) is 2. The molecule has 2 aliphatic rings. The normalized spacial score (nSPS) is 21.7. The van der Waals surface area contributed by atoms with Crippen LogP contribution in [0.4, 0.5) is 11.4 Å². The van der Waals surface area contributed by atoms with E-state index in [9.17, 15) is 20.2 Å². The summed E-state index contributed by atoms with van der Waals surface area (Å²) in [6.45, 7) is -0.132. The molecule has 1 saturated heterocycles. The van der Waals surface area contributed by atoms with Crippen molar-refractivity contribution < 1.29 is 14.5 Å². The van der Waals surface area contributed by atoms with Gasteiger partial charge in [-0.2, -0.15) is 10.4 Å². The number of nitro benzene ring substituents is 1. The molecule has 0 radical (unpaired) electrons. The molecule has 2 aromatic heterocycles. The molecule has 0 aliphatic carbocycles. The van der Waals surface area contributed by atoms with Crippen molar-refractivity contribution in [2.45, 2.75) is 11.5 Å². The van der Waals surface area contributed by atoms with Gasteiger partial charge in [-0.1, -0.05) is 66.7 Å². The van der Waals surface area contributed by atoms with Gasteiger partial charge in [-0.3, -0.25) is 24.6 Å². The number of non-ortho nitro benzene ring substituents is 1. The molecule has 11 heteroatoms. The minimum Gasteiger partial charge on any atom is -0.360 e. The summed E-state index contributed by atoms with van der Waals surface area (Å²) in [4.78, 5) is 46.1. The van der Waals surface area contributed by atoms with Crippen LogP contribution in [0.5, 0.6) is 0 Å². The number of para-hydroxylation sites is 2. The molecule has 2 N–H and O–H groups in total. The molecule has 2 aliphatic heterocycles. The van der Waals surface area contributed by atoms with Crippen LogP contribution in [0.25, 0.3) is 27.8 Å². The highest BCUT2D eigenvalue weighted by Gasteiger charge is 2.71. The van der Waals surface area contributed by atoms with E-state index in [-0.39, 0.29) is 12.2 Å². The minimum atomic E-state index is -1.84. The number of benzene rings is 4. The number of likely N-dealkylation sites (tertiary alicyclic amines) is 1. The van der Waals surface area contributed by atoms with Crippen molar-refractivity contribution in [3.8, 4) is 23.0 Å². The Hall–Kier alpha value is -6.38. The second-order valence-electron chi connectivity index (χ2n) is 12.2. The van der Waals surface area contributed by atoms with Crippen LogP contribution in [-0.2, 0) is 10.3 Å². The van der Waals surface area contributed by atoms with E-state index in [0.29, 0.717) is 33.5 Å². The Bertz CT molecular complexity index is 2320.